The van der Waals surface area contributed by atoms with Crippen LogP contribution in [0, 0.1) is 17.3 Å². The van der Waals surface area contributed by atoms with Crippen LogP contribution in [-0.2, 0) is 11.2 Å². The van der Waals surface area contributed by atoms with Gasteiger partial charge in [0.05, 0.1) is 6.61 Å². The molecule has 116 valence electrons. The number of halogens is 1. The molecule has 3 atom stereocenters. The predicted molar refractivity (Wildman–Crippen MR) is 90.5 cm³/mol. The molecule has 3 rings (SSSR count). The van der Waals surface area contributed by atoms with Crippen LogP contribution in [0.2, 0.25) is 0 Å². The van der Waals surface area contributed by atoms with Crippen LogP contribution < -0.4 is 5.32 Å². The van der Waals surface area contributed by atoms with E-state index in [0.717, 1.165) is 31.5 Å². The molecular formula is C18H26BrNO. The van der Waals surface area contributed by atoms with Gasteiger partial charge in [0, 0.05) is 24.7 Å². The standard InChI is InChI=1S/C18H26BrNO/c1-21-9-8-20-13-18(11-14-6-7-16(18)10-14)12-15-4-2-3-5-17(15)19/h2-5,14,16,20H,6-13H2,1H3. The van der Waals surface area contributed by atoms with E-state index in [9.17, 15) is 0 Å². The van der Waals surface area contributed by atoms with Crippen LogP contribution >= 0.6 is 15.9 Å². The molecule has 3 heteroatoms. The topological polar surface area (TPSA) is 21.3 Å². The molecule has 3 unspecified atom stereocenters. The van der Waals surface area contributed by atoms with Gasteiger partial charge in [-0.3, -0.25) is 0 Å². The Morgan fingerprint density at radius 1 is 1.33 bits per heavy atom. The predicted octanol–water partition coefficient (Wildman–Crippen LogP) is 4.03. The minimum absolute atomic E-state index is 0.459. The van der Waals surface area contributed by atoms with Crippen molar-refractivity contribution in [2.45, 2.75) is 32.1 Å². The quantitative estimate of drug-likeness (QED) is 0.748. The first kappa shape index (κ1) is 15.5. The van der Waals surface area contributed by atoms with Crippen molar-refractivity contribution >= 4 is 15.9 Å². The van der Waals surface area contributed by atoms with Gasteiger partial charge in [-0.25, -0.2) is 0 Å². The lowest BCUT2D eigenvalue weighted by Crippen LogP contribution is -2.41. The maximum Gasteiger partial charge on any atom is 0.0587 e. The molecule has 2 aliphatic rings. The molecule has 0 amide bonds. The van der Waals surface area contributed by atoms with E-state index in [1.807, 2.05) is 0 Å². The van der Waals surface area contributed by atoms with Crippen molar-refractivity contribution in [3.8, 4) is 0 Å². The average Bonchev–Trinajstić information content (AvgIpc) is 3.07. The maximum atomic E-state index is 5.17. The number of methoxy groups -OCH3 is 1. The molecule has 0 spiro atoms. The first-order chi connectivity index (χ1) is 10.2. The molecule has 1 aromatic carbocycles. The summed E-state index contributed by atoms with van der Waals surface area (Å²) in [5.41, 5.74) is 1.93. The lowest BCUT2D eigenvalue weighted by molar-refractivity contribution is 0.145. The van der Waals surface area contributed by atoms with Crippen molar-refractivity contribution in [1.29, 1.82) is 0 Å². The molecule has 2 aliphatic carbocycles. The fraction of sp³-hybridized carbons (Fsp3) is 0.667. The Morgan fingerprint density at radius 3 is 2.86 bits per heavy atom. The Labute approximate surface area is 136 Å². The van der Waals surface area contributed by atoms with E-state index in [1.165, 1.54) is 42.1 Å². The number of benzene rings is 1. The Bertz CT molecular complexity index is 478. The monoisotopic (exact) mass is 351 g/mol. The Hall–Kier alpha value is -0.380. The van der Waals surface area contributed by atoms with Gasteiger partial charge in [-0.1, -0.05) is 40.5 Å². The van der Waals surface area contributed by atoms with Crippen LogP contribution in [0.1, 0.15) is 31.2 Å². The van der Waals surface area contributed by atoms with Crippen molar-refractivity contribution in [2.75, 3.05) is 26.8 Å². The first-order valence-corrected chi connectivity index (χ1v) is 8.96. The summed E-state index contributed by atoms with van der Waals surface area (Å²) >= 11 is 3.73. The van der Waals surface area contributed by atoms with Gasteiger partial charge in [-0.15, -0.1) is 0 Å². The van der Waals surface area contributed by atoms with Crippen LogP contribution in [0.25, 0.3) is 0 Å². The number of hydrogen-bond acceptors (Lipinski definition) is 2. The zero-order valence-electron chi connectivity index (χ0n) is 12.9. The first-order valence-electron chi connectivity index (χ1n) is 8.16. The number of fused-ring (bicyclic) bond motifs is 2. The summed E-state index contributed by atoms with van der Waals surface area (Å²) in [6, 6.07) is 8.73. The van der Waals surface area contributed by atoms with Gasteiger partial charge in [0.2, 0.25) is 0 Å². The highest BCUT2D eigenvalue weighted by Gasteiger charge is 2.50. The Balaban J connectivity index is 1.72. The largest absolute Gasteiger partial charge is 0.383 e. The van der Waals surface area contributed by atoms with Gasteiger partial charge in [-0.2, -0.15) is 0 Å². The molecule has 1 aromatic rings. The van der Waals surface area contributed by atoms with Gasteiger partial charge in [0.25, 0.3) is 0 Å². The van der Waals surface area contributed by atoms with E-state index in [0.29, 0.717) is 5.41 Å². The fourth-order valence-corrected chi connectivity index (χ4v) is 5.01. The van der Waals surface area contributed by atoms with Crippen LogP contribution in [0.5, 0.6) is 0 Å². The van der Waals surface area contributed by atoms with Crippen molar-refractivity contribution in [1.82, 2.24) is 5.32 Å². The summed E-state index contributed by atoms with van der Waals surface area (Å²) in [6.07, 6.45) is 6.95. The zero-order valence-corrected chi connectivity index (χ0v) is 14.5. The lowest BCUT2D eigenvalue weighted by Gasteiger charge is -2.38. The van der Waals surface area contributed by atoms with Crippen molar-refractivity contribution in [3.05, 3.63) is 34.3 Å². The molecule has 0 radical (unpaired) electrons. The Kier molecular flexibility index (Phi) is 5.03. The van der Waals surface area contributed by atoms with E-state index in [4.69, 9.17) is 4.74 Å². The van der Waals surface area contributed by atoms with Gasteiger partial charge in [0.15, 0.2) is 0 Å². The second-order valence-electron chi connectivity index (χ2n) is 6.88. The second-order valence-corrected chi connectivity index (χ2v) is 7.73. The molecule has 0 heterocycles. The molecule has 21 heavy (non-hydrogen) atoms. The summed E-state index contributed by atoms with van der Waals surface area (Å²) in [6.45, 7) is 2.91. The minimum Gasteiger partial charge on any atom is -0.383 e. The Morgan fingerprint density at radius 2 is 2.19 bits per heavy atom. The lowest BCUT2D eigenvalue weighted by atomic mass is 9.69. The van der Waals surface area contributed by atoms with Gasteiger partial charge >= 0.3 is 0 Å². The molecule has 2 saturated carbocycles. The SMILES string of the molecule is COCCNCC1(Cc2ccccc2Br)CC2CCC1C2. The van der Waals surface area contributed by atoms with Crippen LogP contribution in [-0.4, -0.2) is 26.8 Å². The molecule has 2 fully saturated rings. The highest BCUT2D eigenvalue weighted by Crippen LogP contribution is 2.57. The van der Waals surface area contributed by atoms with Gasteiger partial charge < -0.3 is 10.1 Å². The van der Waals surface area contributed by atoms with Crippen molar-refractivity contribution < 1.29 is 4.74 Å². The zero-order chi connectivity index (χ0) is 14.7. The van der Waals surface area contributed by atoms with E-state index >= 15 is 0 Å². The molecule has 2 nitrogen and oxygen atoms in total. The molecule has 1 N–H and O–H groups in total. The van der Waals surface area contributed by atoms with E-state index in [2.05, 4.69) is 45.5 Å². The van der Waals surface area contributed by atoms with Crippen molar-refractivity contribution in [3.63, 3.8) is 0 Å². The fourth-order valence-electron chi connectivity index (χ4n) is 4.59. The highest BCUT2D eigenvalue weighted by molar-refractivity contribution is 9.10. The van der Waals surface area contributed by atoms with Gasteiger partial charge in [0.1, 0.15) is 0 Å². The summed E-state index contributed by atoms with van der Waals surface area (Å²) in [5.74, 6) is 1.88. The molecule has 2 bridgehead atoms. The molecular weight excluding hydrogens is 326 g/mol. The molecule has 0 aromatic heterocycles. The van der Waals surface area contributed by atoms with E-state index < -0.39 is 0 Å². The number of hydrogen-bond donors (Lipinski definition) is 1. The third-order valence-electron chi connectivity index (χ3n) is 5.56. The number of ether oxygens (including phenoxy) is 1. The number of rotatable bonds is 7. The average molecular weight is 352 g/mol. The second kappa shape index (κ2) is 6.80. The van der Waals surface area contributed by atoms with Crippen molar-refractivity contribution in [2.24, 2.45) is 17.3 Å². The van der Waals surface area contributed by atoms with Crippen LogP contribution in [0.3, 0.4) is 0 Å². The summed E-state index contributed by atoms with van der Waals surface area (Å²) < 4.78 is 6.44. The van der Waals surface area contributed by atoms with Crippen LogP contribution in [0.4, 0.5) is 0 Å². The minimum atomic E-state index is 0.459. The normalized spacial score (nSPS) is 31.0. The van der Waals surface area contributed by atoms with E-state index in [1.54, 1.807) is 7.11 Å². The molecule has 0 aliphatic heterocycles. The smallest absolute Gasteiger partial charge is 0.0587 e. The number of nitrogens with one attached hydrogen (secondary N) is 1. The highest BCUT2D eigenvalue weighted by atomic mass is 79.9. The summed E-state index contributed by atoms with van der Waals surface area (Å²) in [4.78, 5) is 0. The summed E-state index contributed by atoms with van der Waals surface area (Å²) in [7, 11) is 1.77. The van der Waals surface area contributed by atoms with E-state index in [-0.39, 0.29) is 0 Å². The molecule has 0 saturated heterocycles. The maximum absolute atomic E-state index is 5.17. The summed E-state index contributed by atoms with van der Waals surface area (Å²) in [5, 5.41) is 3.65. The van der Waals surface area contributed by atoms with Crippen LogP contribution in [0.15, 0.2) is 28.7 Å². The third kappa shape index (κ3) is 3.35. The third-order valence-corrected chi connectivity index (χ3v) is 6.34. The van der Waals surface area contributed by atoms with Gasteiger partial charge in [-0.05, 0) is 54.6 Å².